The maximum Gasteiger partial charge on any atom is 0.0556 e. The van der Waals surface area contributed by atoms with Crippen LogP contribution in [-0.4, -0.2) is 16.3 Å². The van der Waals surface area contributed by atoms with Gasteiger partial charge in [-0.15, -0.1) is 0 Å². The van der Waals surface area contributed by atoms with Gasteiger partial charge in [0.15, 0.2) is 0 Å². The molecule has 3 unspecified atom stereocenters. The molecule has 1 saturated carbocycles. The van der Waals surface area contributed by atoms with E-state index in [2.05, 4.69) is 41.9 Å². The van der Waals surface area contributed by atoms with E-state index in [1.54, 1.807) is 0 Å². The summed E-state index contributed by atoms with van der Waals surface area (Å²) in [4.78, 5) is 0. The van der Waals surface area contributed by atoms with Crippen LogP contribution in [0.5, 0.6) is 0 Å². The van der Waals surface area contributed by atoms with Crippen LogP contribution >= 0.6 is 0 Å². The van der Waals surface area contributed by atoms with Gasteiger partial charge >= 0.3 is 0 Å². The van der Waals surface area contributed by atoms with Gasteiger partial charge < -0.3 is 5.32 Å². The first kappa shape index (κ1) is 14.6. The van der Waals surface area contributed by atoms with Crippen LogP contribution < -0.4 is 5.32 Å². The molecule has 3 atom stereocenters. The maximum absolute atomic E-state index is 4.51. The third kappa shape index (κ3) is 3.38. The number of rotatable bonds is 7. The summed E-state index contributed by atoms with van der Waals surface area (Å²) in [5.41, 5.74) is 1.40. The third-order valence-corrected chi connectivity index (χ3v) is 4.47. The average molecular weight is 263 g/mol. The second-order valence-corrected chi connectivity index (χ2v) is 5.98. The van der Waals surface area contributed by atoms with Crippen molar-refractivity contribution in [2.45, 2.75) is 65.5 Å². The molecule has 3 heteroatoms. The zero-order chi connectivity index (χ0) is 13.7. The Hall–Kier alpha value is -0.830. The van der Waals surface area contributed by atoms with Gasteiger partial charge in [-0.25, -0.2) is 0 Å². The molecule has 1 N–H and O–H groups in total. The lowest BCUT2D eigenvalue weighted by Crippen LogP contribution is -2.32. The maximum atomic E-state index is 4.51. The molecule has 0 aromatic carbocycles. The molecule has 19 heavy (non-hydrogen) atoms. The number of nitrogens with zero attached hydrogens (tertiary/aromatic N) is 2. The van der Waals surface area contributed by atoms with Crippen molar-refractivity contribution in [1.82, 2.24) is 15.1 Å². The van der Waals surface area contributed by atoms with E-state index >= 15 is 0 Å². The van der Waals surface area contributed by atoms with Crippen LogP contribution in [0.4, 0.5) is 0 Å². The number of nitrogens with one attached hydrogen (secondary N) is 1. The fraction of sp³-hybridized carbons (Fsp3) is 0.812. The molecule has 3 nitrogen and oxygen atoms in total. The summed E-state index contributed by atoms with van der Waals surface area (Å²) in [5.74, 6) is 1.61. The van der Waals surface area contributed by atoms with E-state index in [1.807, 2.05) is 6.20 Å². The van der Waals surface area contributed by atoms with Crippen LogP contribution in [0, 0.1) is 11.8 Å². The van der Waals surface area contributed by atoms with Crippen molar-refractivity contribution < 1.29 is 0 Å². The fourth-order valence-corrected chi connectivity index (χ4v) is 3.45. The van der Waals surface area contributed by atoms with E-state index in [-0.39, 0.29) is 0 Å². The first-order valence-corrected chi connectivity index (χ1v) is 8.03. The number of hydrogen-bond donors (Lipinski definition) is 1. The molecule has 2 rings (SSSR count). The van der Waals surface area contributed by atoms with E-state index in [1.165, 1.54) is 31.4 Å². The van der Waals surface area contributed by atoms with Gasteiger partial charge in [-0.1, -0.05) is 33.6 Å². The summed E-state index contributed by atoms with van der Waals surface area (Å²) in [7, 11) is 0. The van der Waals surface area contributed by atoms with Crippen LogP contribution in [0.15, 0.2) is 12.3 Å². The van der Waals surface area contributed by atoms with Crippen molar-refractivity contribution in [3.63, 3.8) is 0 Å². The monoisotopic (exact) mass is 263 g/mol. The Labute approximate surface area is 117 Å². The normalized spacial score (nSPS) is 24.8. The van der Waals surface area contributed by atoms with Gasteiger partial charge in [0.25, 0.3) is 0 Å². The van der Waals surface area contributed by atoms with Gasteiger partial charge in [0, 0.05) is 12.7 Å². The molecule has 0 aliphatic heterocycles. The highest BCUT2D eigenvalue weighted by molar-refractivity contribution is 5.10. The van der Waals surface area contributed by atoms with Crippen molar-refractivity contribution in [1.29, 1.82) is 0 Å². The minimum Gasteiger partial charge on any atom is -0.308 e. The third-order valence-electron chi connectivity index (χ3n) is 4.47. The lowest BCUT2D eigenvalue weighted by atomic mass is 9.88. The molecule has 0 amide bonds. The van der Waals surface area contributed by atoms with E-state index in [0.717, 1.165) is 31.3 Å². The van der Waals surface area contributed by atoms with Gasteiger partial charge in [0.2, 0.25) is 0 Å². The Kier molecular flexibility index (Phi) is 5.44. The molecular weight excluding hydrogens is 234 g/mol. The largest absolute Gasteiger partial charge is 0.308 e. The van der Waals surface area contributed by atoms with Crippen LogP contribution in [0.25, 0.3) is 0 Å². The number of hydrogen-bond acceptors (Lipinski definition) is 2. The van der Waals surface area contributed by atoms with Gasteiger partial charge in [-0.3, -0.25) is 4.68 Å². The second kappa shape index (κ2) is 7.09. The Morgan fingerprint density at radius 3 is 2.84 bits per heavy atom. The van der Waals surface area contributed by atoms with E-state index in [4.69, 9.17) is 0 Å². The van der Waals surface area contributed by atoms with Crippen LogP contribution in [0.3, 0.4) is 0 Å². The zero-order valence-electron chi connectivity index (χ0n) is 12.7. The van der Waals surface area contributed by atoms with E-state index in [9.17, 15) is 0 Å². The van der Waals surface area contributed by atoms with Crippen LogP contribution in [-0.2, 0) is 6.54 Å². The minimum atomic E-state index is 0.492. The van der Waals surface area contributed by atoms with E-state index < -0.39 is 0 Å². The molecule has 108 valence electrons. The van der Waals surface area contributed by atoms with E-state index in [0.29, 0.717) is 6.04 Å². The second-order valence-electron chi connectivity index (χ2n) is 5.98. The fourth-order valence-electron chi connectivity index (χ4n) is 3.45. The van der Waals surface area contributed by atoms with Gasteiger partial charge in [-0.05, 0) is 43.7 Å². The molecule has 1 aliphatic rings. The Balaban J connectivity index is 2.18. The molecular formula is C16H29N3. The Bertz CT molecular complexity index is 372. The molecule has 0 radical (unpaired) electrons. The van der Waals surface area contributed by atoms with Crippen molar-refractivity contribution in [3.8, 4) is 0 Å². The average Bonchev–Trinajstić information content (AvgIpc) is 3.01. The SMILES string of the molecule is CCCNC(c1ccnn1CCC)C1CCCC1C. The molecule has 0 bridgehead atoms. The molecule has 1 fully saturated rings. The molecule has 1 aromatic heterocycles. The molecule has 0 spiro atoms. The predicted octanol–water partition coefficient (Wildman–Crippen LogP) is 3.77. The summed E-state index contributed by atoms with van der Waals surface area (Å²) >= 11 is 0. The topological polar surface area (TPSA) is 29.9 Å². The highest BCUT2D eigenvalue weighted by Gasteiger charge is 2.33. The summed E-state index contributed by atoms with van der Waals surface area (Å²) in [6.07, 6.45) is 8.44. The van der Waals surface area contributed by atoms with Crippen LogP contribution in [0.1, 0.15) is 64.6 Å². The van der Waals surface area contributed by atoms with Crippen molar-refractivity contribution in [2.75, 3.05) is 6.54 Å². The first-order chi connectivity index (χ1) is 9.27. The highest BCUT2D eigenvalue weighted by Crippen LogP contribution is 2.40. The summed E-state index contributed by atoms with van der Waals surface area (Å²) < 4.78 is 2.21. The van der Waals surface area contributed by atoms with Gasteiger partial charge in [-0.2, -0.15) is 5.10 Å². The smallest absolute Gasteiger partial charge is 0.0556 e. The minimum absolute atomic E-state index is 0.492. The van der Waals surface area contributed by atoms with Crippen molar-refractivity contribution >= 4 is 0 Å². The lowest BCUT2D eigenvalue weighted by molar-refractivity contribution is 0.287. The van der Waals surface area contributed by atoms with Gasteiger partial charge in [0.1, 0.15) is 0 Å². The molecule has 1 heterocycles. The molecule has 1 aromatic rings. The van der Waals surface area contributed by atoms with Crippen molar-refractivity contribution in [3.05, 3.63) is 18.0 Å². The summed E-state index contributed by atoms with van der Waals surface area (Å²) in [6, 6.07) is 2.71. The summed E-state index contributed by atoms with van der Waals surface area (Å²) in [6.45, 7) is 9.02. The molecule has 1 aliphatic carbocycles. The van der Waals surface area contributed by atoms with Crippen molar-refractivity contribution in [2.24, 2.45) is 11.8 Å². The predicted molar refractivity (Wildman–Crippen MR) is 80.1 cm³/mol. The lowest BCUT2D eigenvalue weighted by Gasteiger charge is -2.28. The summed E-state index contributed by atoms with van der Waals surface area (Å²) in [5, 5.41) is 8.29. The standard InChI is InChI=1S/C16H29N3/c1-4-10-17-16(14-8-6-7-13(14)3)15-9-11-18-19(15)12-5-2/h9,11,13-14,16-17H,4-8,10,12H2,1-3H3. The first-order valence-electron chi connectivity index (χ1n) is 8.03. The van der Waals surface area contributed by atoms with Gasteiger partial charge in [0.05, 0.1) is 11.7 Å². The molecule has 0 saturated heterocycles. The zero-order valence-corrected chi connectivity index (χ0v) is 12.7. The highest BCUT2D eigenvalue weighted by atomic mass is 15.3. The quantitative estimate of drug-likeness (QED) is 0.811. The number of aromatic nitrogens is 2. The Morgan fingerprint density at radius 2 is 2.21 bits per heavy atom. The van der Waals surface area contributed by atoms with Crippen LogP contribution in [0.2, 0.25) is 0 Å². The Morgan fingerprint density at radius 1 is 1.37 bits per heavy atom. The number of aryl methyl sites for hydroxylation is 1.